The van der Waals surface area contributed by atoms with E-state index in [4.69, 9.17) is 4.74 Å². The van der Waals surface area contributed by atoms with Gasteiger partial charge in [0.25, 0.3) is 0 Å². The van der Waals surface area contributed by atoms with E-state index >= 15 is 0 Å². The summed E-state index contributed by atoms with van der Waals surface area (Å²) < 4.78 is 5.04. The van der Waals surface area contributed by atoms with Crippen LogP contribution in [0.15, 0.2) is 35.7 Å². The van der Waals surface area contributed by atoms with Crippen molar-refractivity contribution in [1.29, 1.82) is 0 Å². The van der Waals surface area contributed by atoms with Gasteiger partial charge in [0.1, 0.15) is 0 Å². The minimum absolute atomic E-state index is 0.0566. The molecule has 2 amide bonds. The molecule has 3 rings (SSSR count). The van der Waals surface area contributed by atoms with Crippen LogP contribution in [0, 0.1) is 5.92 Å². The summed E-state index contributed by atoms with van der Waals surface area (Å²) in [6, 6.07) is 10.4. The highest BCUT2D eigenvalue weighted by molar-refractivity contribution is 7.13. The third-order valence-electron chi connectivity index (χ3n) is 4.00. The first kappa shape index (κ1) is 16.0. The molecule has 0 spiro atoms. The van der Waals surface area contributed by atoms with Crippen molar-refractivity contribution in [2.24, 2.45) is 5.92 Å². The average molecular weight is 331 g/mol. The number of anilines is 1. The highest BCUT2D eigenvalue weighted by Crippen LogP contribution is 2.22. The van der Waals surface area contributed by atoms with Crippen LogP contribution < -0.4 is 5.32 Å². The molecule has 1 aliphatic rings. The van der Waals surface area contributed by atoms with Crippen LogP contribution in [0.25, 0.3) is 0 Å². The number of amides is 2. The zero-order chi connectivity index (χ0) is 16.1. The number of benzene rings is 1. The molecule has 0 saturated carbocycles. The molecule has 2 aromatic rings. The highest BCUT2D eigenvalue weighted by atomic mass is 32.1. The average Bonchev–Trinajstić information content (AvgIpc) is 3.18. The maximum Gasteiger partial charge on any atom is 0.323 e. The van der Waals surface area contributed by atoms with Crippen molar-refractivity contribution in [3.63, 3.8) is 0 Å². The number of nitrogens with one attached hydrogen (secondary N) is 1. The SMILES string of the molecule is COCc1csc(NC(=O)N2CC[C@H](Cc3ccccc3)C2)n1. The van der Waals surface area contributed by atoms with Gasteiger partial charge in [-0.1, -0.05) is 30.3 Å². The van der Waals surface area contributed by atoms with Crippen molar-refractivity contribution in [3.05, 3.63) is 47.0 Å². The Kier molecular flexibility index (Phi) is 5.25. The second-order valence-corrected chi connectivity index (χ2v) is 6.66. The number of urea groups is 1. The van der Waals surface area contributed by atoms with E-state index in [1.54, 1.807) is 7.11 Å². The minimum atomic E-state index is -0.0566. The summed E-state index contributed by atoms with van der Waals surface area (Å²) in [6.07, 6.45) is 2.08. The van der Waals surface area contributed by atoms with Crippen LogP contribution in [-0.4, -0.2) is 36.1 Å². The van der Waals surface area contributed by atoms with Gasteiger partial charge in [0.05, 0.1) is 12.3 Å². The normalized spacial score (nSPS) is 17.4. The maximum atomic E-state index is 12.3. The number of nitrogens with zero attached hydrogens (tertiary/aromatic N) is 2. The van der Waals surface area contributed by atoms with Crippen LogP contribution in [-0.2, 0) is 17.8 Å². The van der Waals surface area contributed by atoms with E-state index < -0.39 is 0 Å². The Labute approximate surface area is 140 Å². The first-order valence-corrected chi connectivity index (χ1v) is 8.66. The second-order valence-electron chi connectivity index (χ2n) is 5.80. The quantitative estimate of drug-likeness (QED) is 0.914. The fourth-order valence-corrected chi connectivity index (χ4v) is 3.56. The Balaban J connectivity index is 1.50. The molecule has 2 heterocycles. The highest BCUT2D eigenvalue weighted by Gasteiger charge is 2.26. The van der Waals surface area contributed by atoms with E-state index in [1.807, 2.05) is 16.3 Å². The zero-order valence-electron chi connectivity index (χ0n) is 13.2. The van der Waals surface area contributed by atoms with Crippen molar-refractivity contribution in [2.75, 3.05) is 25.5 Å². The first-order chi connectivity index (χ1) is 11.2. The van der Waals surface area contributed by atoms with Crippen molar-refractivity contribution < 1.29 is 9.53 Å². The predicted octanol–water partition coefficient (Wildman–Crippen LogP) is 3.39. The van der Waals surface area contributed by atoms with Gasteiger partial charge in [-0.2, -0.15) is 0 Å². The maximum absolute atomic E-state index is 12.3. The lowest BCUT2D eigenvalue weighted by atomic mass is 9.99. The Morgan fingerprint density at radius 3 is 3.04 bits per heavy atom. The molecular formula is C17H21N3O2S. The molecule has 1 aliphatic heterocycles. The second kappa shape index (κ2) is 7.57. The molecule has 0 bridgehead atoms. The molecule has 1 saturated heterocycles. The third kappa shape index (κ3) is 4.30. The fourth-order valence-electron chi connectivity index (χ4n) is 2.88. The fraction of sp³-hybridized carbons (Fsp3) is 0.412. The Hall–Kier alpha value is -1.92. The van der Waals surface area contributed by atoms with E-state index in [9.17, 15) is 4.79 Å². The summed E-state index contributed by atoms with van der Waals surface area (Å²) in [5.74, 6) is 0.531. The molecule has 122 valence electrons. The number of rotatable bonds is 5. The van der Waals surface area contributed by atoms with Gasteiger partial charge >= 0.3 is 6.03 Å². The van der Waals surface area contributed by atoms with Gasteiger partial charge in [-0.3, -0.25) is 5.32 Å². The molecular weight excluding hydrogens is 310 g/mol. The lowest BCUT2D eigenvalue weighted by Crippen LogP contribution is -2.33. The van der Waals surface area contributed by atoms with E-state index in [2.05, 4.69) is 34.6 Å². The van der Waals surface area contributed by atoms with Crippen LogP contribution in [0.5, 0.6) is 0 Å². The van der Waals surface area contributed by atoms with E-state index in [1.165, 1.54) is 16.9 Å². The topological polar surface area (TPSA) is 54.5 Å². The molecule has 1 aromatic heterocycles. The number of aromatic nitrogens is 1. The largest absolute Gasteiger partial charge is 0.378 e. The van der Waals surface area contributed by atoms with Crippen molar-refractivity contribution in [3.8, 4) is 0 Å². The zero-order valence-corrected chi connectivity index (χ0v) is 14.0. The molecule has 23 heavy (non-hydrogen) atoms. The Morgan fingerprint density at radius 2 is 2.26 bits per heavy atom. The molecule has 1 atom stereocenters. The van der Waals surface area contributed by atoms with Crippen molar-refractivity contribution >= 4 is 22.5 Å². The van der Waals surface area contributed by atoms with Crippen molar-refractivity contribution in [1.82, 2.24) is 9.88 Å². The molecule has 1 fully saturated rings. The summed E-state index contributed by atoms with van der Waals surface area (Å²) in [7, 11) is 1.63. The molecule has 0 unspecified atom stereocenters. The first-order valence-electron chi connectivity index (χ1n) is 7.78. The van der Waals surface area contributed by atoms with Gasteiger partial charge in [0.15, 0.2) is 5.13 Å². The van der Waals surface area contributed by atoms with Gasteiger partial charge in [-0.15, -0.1) is 11.3 Å². The standard InChI is InChI=1S/C17H21N3O2S/c1-22-11-15-12-23-16(18-15)19-17(21)20-8-7-14(10-20)9-13-5-3-2-4-6-13/h2-6,12,14H,7-11H2,1H3,(H,18,19,21)/t14-/m1/s1. The van der Waals surface area contributed by atoms with Gasteiger partial charge in [0.2, 0.25) is 0 Å². The number of likely N-dealkylation sites (tertiary alicyclic amines) is 1. The molecule has 0 aliphatic carbocycles. The molecule has 0 radical (unpaired) electrons. The van der Waals surface area contributed by atoms with E-state index in [0.29, 0.717) is 17.7 Å². The summed E-state index contributed by atoms with van der Waals surface area (Å²) in [6.45, 7) is 2.08. The van der Waals surface area contributed by atoms with E-state index in [0.717, 1.165) is 31.6 Å². The van der Waals surface area contributed by atoms with E-state index in [-0.39, 0.29) is 6.03 Å². The van der Waals surface area contributed by atoms with Crippen molar-refractivity contribution in [2.45, 2.75) is 19.4 Å². The van der Waals surface area contributed by atoms with Crippen LogP contribution in [0.4, 0.5) is 9.93 Å². The van der Waals surface area contributed by atoms with Crippen LogP contribution in [0.2, 0.25) is 0 Å². The number of methoxy groups -OCH3 is 1. The molecule has 1 N–H and O–H groups in total. The number of hydrogen-bond acceptors (Lipinski definition) is 4. The summed E-state index contributed by atoms with van der Waals surface area (Å²) in [4.78, 5) is 18.5. The summed E-state index contributed by atoms with van der Waals surface area (Å²) in [5.41, 5.74) is 2.18. The number of hydrogen-bond donors (Lipinski definition) is 1. The smallest absolute Gasteiger partial charge is 0.323 e. The lowest BCUT2D eigenvalue weighted by Gasteiger charge is -2.16. The lowest BCUT2D eigenvalue weighted by molar-refractivity contribution is 0.182. The monoisotopic (exact) mass is 331 g/mol. The predicted molar refractivity (Wildman–Crippen MR) is 91.7 cm³/mol. The summed E-state index contributed by atoms with van der Waals surface area (Å²) >= 11 is 1.43. The molecule has 6 heteroatoms. The number of thiazole rings is 1. The van der Waals surface area contributed by atoms with Gasteiger partial charge in [0, 0.05) is 25.6 Å². The van der Waals surface area contributed by atoms with Gasteiger partial charge in [-0.25, -0.2) is 9.78 Å². The van der Waals surface area contributed by atoms with Crippen LogP contribution in [0.1, 0.15) is 17.7 Å². The number of carbonyl (C=O) groups excluding carboxylic acids is 1. The Morgan fingerprint density at radius 1 is 1.43 bits per heavy atom. The van der Waals surface area contributed by atoms with Crippen LogP contribution in [0.3, 0.4) is 0 Å². The van der Waals surface area contributed by atoms with Gasteiger partial charge in [-0.05, 0) is 24.3 Å². The number of ether oxygens (including phenoxy) is 1. The number of carbonyl (C=O) groups is 1. The van der Waals surface area contributed by atoms with Gasteiger partial charge < -0.3 is 9.64 Å². The molecule has 1 aromatic carbocycles. The van der Waals surface area contributed by atoms with Crippen LogP contribution >= 0.6 is 11.3 Å². The summed E-state index contributed by atoms with van der Waals surface area (Å²) in [5, 5.41) is 5.42. The molecule has 5 nitrogen and oxygen atoms in total. The Bertz CT molecular complexity index is 644. The minimum Gasteiger partial charge on any atom is -0.378 e. The third-order valence-corrected chi connectivity index (χ3v) is 4.80.